The van der Waals surface area contributed by atoms with Gasteiger partial charge < -0.3 is 10.1 Å². The second-order valence-electron chi connectivity index (χ2n) is 7.57. The molecule has 0 fully saturated rings. The van der Waals surface area contributed by atoms with Crippen LogP contribution in [0.4, 0.5) is 0 Å². The molecule has 160 valence electrons. The van der Waals surface area contributed by atoms with Crippen molar-refractivity contribution in [3.8, 4) is 0 Å². The van der Waals surface area contributed by atoms with Crippen molar-refractivity contribution in [3.63, 3.8) is 0 Å². The van der Waals surface area contributed by atoms with E-state index in [9.17, 15) is 0 Å². The molecule has 4 rings (SSSR count). The molecule has 1 aliphatic heterocycles. The molecule has 0 saturated carbocycles. The molecule has 0 saturated heterocycles. The van der Waals surface area contributed by atoms with Crippen LogP contribution in [0.5, 0.6) is 0 Å². The van der Waals surface area contributed by atoms with E-state index in [4.69, 9.17) is 4.74 Å². The fourth-order valence-corrected chi connectivity index (χ4v) is 3.83. The van der Waals surface area contributed by atoms with Crippen LogP contribution in [0.3, 0.4) is 0 Å². The Hall–Kier alpha value is -3.85. The summed E-state index contributed by atoms with van der Waals surface area (Å²) in [6, 6.07) is 20.7. The normalized spacial score (nSPS) is 19.8. The van der Waals surface area contributed by atoms with E-state index in [0.717, 1.165) is 46.1 Å². The van der Waals surface area contributed by atoms with Crippen LogP contribution in [-0.2, 0) is 4.74 Å². The van der Waals surface area contributed by atoms with Gasteiger partial charge in [-0.1, -0.05) is 73.7 Å². The molecule has 0 atom stereocenters. The first kappa shape index (κ1) is 21.4. The lowest BCUT2D eigenvalue weighted by Crippen LogP contribution is -2.17. The first-order valence-corrected chi connectivity index (χ1v) is 10.9. The second-order valence-corrected chi connectivity index (χ2v) is 7.57. The molecule has 1 heterocycles. The molecule has 2 aliphatic rings. The van der Waals surface area contributed by atoms with Gasteiger partial charge in [0, 0.05) is 19.7 Å². The minimum Gasteiger partial charge on any atom is -0.457 e. The third-order valence-electron chi connectivity index (χ3n) is 5.55. The maximum absolute atomic E-state index is 6.37. The van der Waals surface area contributed by atoms with Crippen molar-refractivity contribution in [2.75, 3.05) is 14.1 Å². The van der Waals surface area contributed by atoms with E-state index in [0.29, 0.717) is 0 Å². The van der Waals surface area contributed by atoms with Gasteiger partial charge in [-0.2, -0.15) is 0 Å². The zero-order valence-electron chi connectivity index (χ0n) is 18.8. The van der Waals surface area contributed by atoms with Gasteiger partial charge in [0.05, 0.1) is 11.4 Å². The van der Waals surface area contributed by atoms with Crippen molar-refractivity contribution in [2.45, 2.75) is 13.3 Å². The van der Waals surface area contributed by atoms with E-state index in [2.05, 4.69) is 90.1 Å². The van der Waals surface area contributed by atoms with Crippen molar-refractivity contribution in [1.29, 1.82) is 0 Å². The van der Waals surface area contributed by atoms with Gasteiger partial charge in [-0.05, 0) is 59.1 Å². The first-order chi connectivity index (χ1) is 15.7. The first-order valence-electron chi connectivity index (χ1n) is 10.9. The van der Waals surface area contributed by atoms with Crippen LogP contribution in [0.25, 0.3) is 11.3 Å². The SMILES string of the molecule is CCC(C=C1C=C(c2ccccc2)C=C(c2ccccc2)O1)=C1C=CC(=NC)C(NC)=C1. The standard InChI is InChI=1S/C29H28N2O/c1-4-21(24-15-16-27(30-2)28(19-24)31-3)17-26-18-25(22-11-7-5-8-12-22)20-29(32-26)23-13-9-6-10-14-23/h5-20,31H,4H2,1-3H3. The van der Waals surface area contributed by atoms with Gasteiger partial charge in [0.1, 0.15) is 11.5 Å². The molecule has 0 spiro atoms. The predicted octanol–water partition coefficient (Wildman–Crippen LogP) is 6.48. The van der Waals surface area contributed by atoms with Crippen LogP contribution in [0.1, 0.15) is 24.5 Å². The number of aliphatic imine (C=N–C) groups is 1. The summed E-state index contributed by atoms with van der Waals surface area (Å²) in [4.78, 5) is 4.34. The average Bonchev–Trinajstić information content (AvgIpc) is 2.87. The molecule has 0 radical (unpaired) electrons. The summed E-state index contributed by atoms with van der Waals surface area (Å²) in [5.41, 5.74) is 7.69. The van der Waals surface area contributed by atoms with E-state index in [1.54, 1.807) is 0 Å². The Labute approximate surface area is 190 Å². The zero-order valence-corrected chi connectivity index (χ0v) is 18.8. The van der Waals surface area contributed by atoms with E-state index in [1.807, 2.05) is 38.4 Å². The summed E-state index contributed by atoms with van der Waals surface area (Å²) in [6.45, 7) is 2.17. The number of nitrogens with zero attached hydrogens (tertiary/aromatic N) is 1. The number of nitrogens with one attached hydrogen (secondary N) is 1. The molecule has 0 aromatic heterocycles. The Bertz CT molecular complexity index is 1190. The fraction of sp³-hybridized carbons (Fsp3) is 0.138. The molecule has 0 amide bonds. The molecule has 1 N–H and O–H groups in total. The molecular formula is C29H28N2O. The second kappa shape index (κ2) is 9.97. The van der Waals surface area contributed by atoms with Gasteiger partial charge >= 0.3 is 0 Å². The monoisotopic (exact) mass is 420 g/mol. The van der Waals surface area contributed by atoms with Crippen molar-refractivity contribution < 1.29 is 4.74 Å². The molecule has 0 bridgehead atoms. The van der Waals surface area contributed by atoms with Gasteiger partial charge in [-0.15, -0.1) is 0 Å². The third-order valence-corrected chi connectivity index (χ3v) is 5.55. The van der Waals surface area contributed by atoms with E-state index in [-0.39, 0.29) is 0 Å². The molecule has 1 aliphatic carbocycles. The third kappa shape index (κ3) is 4.73. The Morgan fingerprint density at radius 2 is 1.59 bits per heavy atom. The zero-order chi connectivity index (χ0) is 22.3. The summed E-state index contributed by atoms with van der Waals surface area (Å²) >= 11 is 0. The van der Waals surface area contributed by atoms with Gasteiger partial charge in [-0.25, -0.2) is 0 Å². The van der Waals surface area contributed by atoms with Crippen LogP contribution in [0.15, 0.2) is 125 Å². The molecule has 2 aromatic rings. The Morgan fingerprint density at radius 1 is 0.906 bits per heavy atom. The lowest BCUT2D eigenvalue weighted by atomic mass is 9.96. The lowest BCUT2D eigenvalue weighted by Gasteiger charge is -2.20. The minimum atomic E-state index is 0.831. The highest BCUT2D eigenvalue weighted by Crippen LogP contribution is 2.33. The van der Waals surface area contributed by atoms with E-state index < -0.39 is 0 Å². The molecular weight excluding hydrogens is 392 g/mol. The Balaban J connectivity index is 1.78. The smallest absolute Gasteiger partial charge is 0.135 e. The number of benzene rings is 2. The quantitative estimate of drug-likeness (QED) is 0.601. The van der Waals surface area contributed by atoms with Gasteiger partial charge in [-0.3, -0.25) is 4.99 Å². The lowest BCUT2D eigenvalue weighted by molar-refractivity contribution is 0.397. The maximum Gasteiger partial charge on any atom is 0.135 e. The minimum absolute atomic E-state index is 0.831. The van der Waals surface area contributed by atoms with Gasteiger partial charge in [0.15, 0.2) is 0 Å². The number of allylic oxidation sites excluding steroid dienone is 9. The van der Waals surface area contributed by atoms with Crippen molar-refractivity contribution in [2.24, 2.45) is 4.99 Å². The Kier molecular flexibility index (Phi) is 6.66. The van der Waals surface area contributed by atoms with Crippen molar-refractivity contribution in [1.82, 2.24) is 5.32 Å². The molecule has 32 heavy (non-hydrogen) atoms. The number of hydrogen-bond donors (Lipinski definition) is 1. The fourth-order valence-electron chi connectivity index (χ4n) is 3.83. The topological polar surface area (TPSA) is 33.6 Å². The number of ether oxygens (including phenoxy) is 1. The summed E-state index contributed by atoms with van der Waals surface area (Å²) < 4.78 is 6.37. The highest BCUT2D eigenvalue weighted by Gasteiger charge is 2.16. The largest absolute Gasteiger partial charge is 0.457 e. The summed E-state index contributed by atoms with van der Waals surface area (Å²) in [6.07, 6.45) is 13.6. The molecule has 3 nitrogen and oxygen atoms in total. The predicted molar refractivity (Wildman–Crippen MR) is 135 cm³/mol. The summed E-state index contributed by atoms with van der Waals surface area (Å²) in [7, 11) is 3.74. The van der Waals surface area contributed by atoms with Crippen LogP contribution in [-0.4, -0.2) is 19.8 Å². The van der Waals surface area contributed by atoms with Gasteiger partial charge in [0.25, 0.3) is 0 Å². The average molecular weight is 421 g/mol. The number of hydrogen-bond acceptors (Lipinski definition) is 3. The highest BCUT2D eigenvalue weighted by molar-refractivity contribution is 6.09. The van der Waals surface area contributed by atoms with Crippen molar-refractivity contribution >= 4 is 17.0 Å². The molecule has 0 unspecified atom stereocenters. The summed E-state index contributed by atoms with van der Waals surface area (Å²) in [5, 5.41) is 3.25. The highest BCUT2D eigenvalue weighted by atomic mass is 16.5. The van der Waals surface area contributed by atoms with Gasteiger partial charge in [0.2, 0.25) is 0 Å². The maximum atomic E-state index is 6.37. The molecule has 2 aromatic carbocycles. The molecule has 3 heteroatoms. The van der Waals surface area contributed by atoms with Crippen LogP contribution in [0, 0.1) is 0 Å². The van der Waals surface area contributed by atoms with E-state index >= 15 is 0 Å². The number of rotatable bonds is 5. The van der Waals surface area contributed by atoms with Crippen molar-refractivity contribution in [3.05, 3.63) is 131 Å². The summed E-state index contributed by atoms with van der Waals surface area (Å²) in [5.74, 6) is 1.68. The van der Waals surface area contributed by atoms with Crippen LogP contribution in [0.2, 0.25) is 0 Å². The Morgan fingerprint density at radius 3 is 2.22 bits per heavy atom. The van der Waals surface area contributed by atoms with E-state index in [1.165, 1.54) is 11.1 Å². The van der Waals surface area contributed by atoms with Crippen LogP contribution < -0.4 is 5.32 Å². The van der Waals surface area contributed by atoms with Crippen LogP contribution >= 0.6 is 0 Å².